The first-order valence-electron chi connectivity index (χ1n) is 7.44. The van der Waals surface area contributed by atoms with Gasteiger partial charge in [-0.2, -0.15) is 5.10 Å². The van der Waals surface area contributed by atoms with Crippen molar-refractivity contribution >= 4 is 57.6 Å². The Hall–Kier alpha value is -2.13. The molecule has 0 aliphatic rings. The van der Waals surface area contributed by atoms with Crippen LogP contribution in [-0.2, 0) is 6.54 Å². The zero-order valence-corrected chi connectivity index (χ0v) is 16.8. The van der Waals surface area contributed by atoms with Gasteiger partial charge in [0.2, 0.25) is 5.96 Å². The van der Waals surface area contributed by atoms with E-state index in [-0.39, 0.29) is 29.9 Å². The lowest BCUT2D eigenvalue weighted by molar-refractivity contribution is 0.414. The number of aliphatic imine (C=N–C) groups is 1. The van der Waals surface area contributed by atoms with Gasteiger partial charge in [0, 0.05) is 21.0 Å². The fourth-order valence-electron chi connectivity index (χ4n) is 2.21. The van der Waals surface area contributed by atoms with E-state index in [0.717, 1.165) is 16.9 Å². The van der Waals surface area contributed by atoms with Gasteiger partial charge < -0.3 is 10.5 Å². The summed E-state index contributed by atoms with van der Waals surface area (Å²) < 4.78 is 6.36. The van der Waals surface area contributed by atoms with Gasteiger partial charge in [-0.1, -0.05) is 30.3 Å². The highest BCUT2D eigenvalue weighted by molar-refractivity contribution is 14.0. The number of guanidine groups is 1. The number of nitrogens with two attached hydrogens (primary N) is 1. The molecule has 0 saturated carbocycles. The number of nitrogens with one attached hydrogen (secondary N) is 1. The van der Waals surface area contributed by atoms with Crippen LogP contribution in [-0.4, -0.2) is 19.3 Å². The van der Waals surface area contributed by atoms with Crippen molar-refractivity contribution in [3.8, 4) is 5.75 Å². The first kappa shape index (κ1) is 19.2. The summed E-state index contributed by atoms with van der Waals surface area (Å²) in [6.07, 6.45) is 1.76. The van der Waals surface area contributed by atoms with E-state index >= 15 is 0 Å². The molecular formula is C18H19IN4OS. The fraction of sp³-hybridized carbons (Fsp3) is 0.111. The third kappa shape index (κ3) is 5.17. The predicted molar refractivity (Wildman–Crippen MR) is 116 cm³/mol. The van der Waals surface area contributed by atoms with Gasteiger partial charge in [0.15, 0.2) is 0 Å². The number of benzene rings is 2. The minimum atomic E-state index is 0. The van der Waals surface area contributed by atoms with E-state index in [9.17, 15) is 0 Å². The van der Waals surface area contributed by atoms with Crippen molar-refractivity contribution in [2.45, 2.75) is 6.54 Å². The van der Waals surface area contributed by atoms with Crippen molar-refractivity contribution in [2.24, 2.45) is 15.8 Å². The molecule has 7 heteroatoms. The number of methoxy groups -OCH3 is 1. The maximum atomic E-state index is 5.83. The van der Waals surface area contributed by atoms with Crippen LogP contribution < -0.4 is 15.9 Å². The fourth-order valence-corrected chi connectivity index (χ4v) is 3.12. The van der Waals surface area contributed by atoms with Crippen molar-refractivity contribution in [1.29, 1.82) is 0 Å². The lowest BCUT2D eigenvalue weighted by Gasteiger charge is -2.02. The van der Waals surface area contributed by atoms with Gasteiger partial charge in [-0.25, -0.2) is 10.4 Å². The maximum Gasteiger partial charge on any atom is 0.209 e. The molecule has 3 N–H and O–H groups in total. The number of hydrogen-bond acceptors (Lipinski definition) is 4. The number of halogens is 1. The topological polar surface area (TPSA) is 72.0 Å². The summed E-state index contributed by atoms with van der Waals surface area (Å²) in [4.78, 5) is 4.26. The highest BCUT2D eigenvalue weighted by Crippen LogP contribution is 2.24. The molecule has 0 amide bonds. The minimum Gasteiger partial charge on any atom is -0.497 e. The molecule has 0 unspecified atom stereocenters. The van der Waals surface area contributed by atoms with E-state index in [1.54, 1.807) is 24.7 Å². The third-order valence-electron chi connectivity index (χ3n) is 3.48. The first-order valence-corrected chi connectivity index (χ1v) is 8.32. The molecule has 0 saturated heterocycles. The Labute approximate surface area is 167 Å². The number of rotatable bonds is 5. The molecule has 0 aliphatic heterocycles. The standard InChI is InChI=1S/C18H18N4OS.HI/c1-23-15-8-6-13(7-9-15)10-20-18(19)22-21-11-14-12-24-17-5-3-2-4-16(14)17;/h2-9,11-12H,10H2,1H3,(H3,19,20,22);1H. The average molecular weight is 466 g/mol. The average Bonchev–Trinajstić information content (AvgIpc) is 3.04. The summed E-state index contributed by atoms with van der Waals surface area (Å²) in [6.45, 7) is 0.486. The molecule has 130 valence electrons. The van der Waals surface area contributed by atoms with Gasteiger partial charge in [-0.05, 0) is 23.8 Å². The number of hydrazone groups is 1. The Bertz CT molecular complexity index is 874. The van der Waals surface area contributed by atoms with Gasteiger partial charge in [-0.15, -0.1) is 35.3 Å². The van der Waals surface area contributed by atoms with Gasteiger partial charge in [0.1, 0.15) is 5.75 Å². The summed E-state index contributed by atoms with van der Waals surface area (Å²) >= 11 is 1.69. The second kappa shape index (κ2) is 9.38. The lowest BCUT2D eigenvalue weighted by atomic mass is 10.2. The second-order valence-electron chi connectivity index (χ2n) is 5.11. The molecule has 2 aromatic carbocycles. The Balaban J connectivity index is 0.00000225. The third-order valence-corrected chi connectivity index (χ3v) is 4.47. The monoisotopic (exact) mass is 466 g/mol. The first-order chi connectivity index (χ1) is 11.8. The molecule has 1 heterocycles. The largest absolute Gasteiger partial charge is 0.497 e. The number of ether oxygens (including phenoxy) is 1. The van der Waals surface area contributed by atoms with Crippen LogP contribution in [0.3, 0.4) is 0 Å². The van der Waals surface area contributed by atoms with E-state index in [4.69, 9.17) is 10.5 Å². The molecule has 0 atom stereocenters. The molecular weight excluding hydrogens is 447 g/mol. The van der Waals surface area contributed by atoms with Crippen LogP contribution in [0.4, 0.5) is 0 Å². The molecule has 0 spiro atoms. The smallest absolute Gasteiger partial charge is 0.209 e. The number of nitrogens with zero attached hydrogens (tertiary/aromatic N) is 2. The zero-order chi connectivity index (χ0) is 16.8. The van der Waals surface area contributed by atoms with Crippen LogP contribution in [0.2, 0.25) is 0 Å². The summed E-state index contributed by atoms with van der Waals surface area (Å²) in [7, 11) is 1.64. The SMILES string of the molecule is COc1ccc(CN=C(N)NN=Cc2csc3ccccc23)cc1.I. The van der Waals surface area contributed by atoms with E-state index in [1.165, 1.54) is 10.1 Å². The quantitative estimate of drug-likeness (QED) is 0.259. The maximum absolute atomic E-state index is 5.83. The van der Waals surface area contributed by atoms with E-state index in [2.05, 4.69) is 33.0 Å². The van der Waals surface area contributed by atoms with E-state index < -0.39 is 0 Å². The Kier molecular flexibility index (Phi) is 7.20. The molecule has 0 bridgehead atoms. The Morgan fingerprint density at radius 2 is 1.96 bits per heavy atom. The molecule has 3 rings (SSSR count). The van der Waals surface area contributed by atoms with Gasteiger partial charge in [0.05, 0.1) is 19.9 Å². The van der Waals surface area contributed by atoms with Gasteiger partial charge in [-0.3, -0.25) is 0 Å². The summed E-state index contributed by atoms with van der Waals surface area (Å²) in [5.41, 5.74) is 10.7. The molecule has 25 heavy (non-hydrogen) atoms. The van der Waals surface area contributed by atoms with Gasteiger partial charge >= 0.3 is 0 Å². The molecule has 0 fully saturated rings. The van der Waals surface area contributed by atoms with Crippen molar-refractivity contribution in [3.05, 3.63) is 65.0 Å². The highest BCUT2D eigenvalue weighted by atomic mass is 127. The summed E-state index contributed by atoms with van der Waals surface area (Å²) in [5.74, 6) is 1.10. The van der Waals surface area contributed by atoms with Crippen molar-refractivity contribution in [1.82, 2.24) is 5.43 Å². The number of fused-ring (bicyclic) bond motifs is 1. The van der Waals surface area contributed by atoms with Crippen molar-refractivity contribution in [3.63, 3.8) is 0 Å². The molecule has 3 aromatic rings. The van der Waals surface area contributed by atoms with Crippen LogP contribution in [0.25, 0.3) is 10.1 Å². The number of hydrogen-bond donors (Lipinski definition) is 2. The highest BCUT2D eigenvalue weighted by Gasteiger charge is 2.00. The van der Waals surface area contributed by atoms with E-state index in [1.807, 2.05) is 36.4 Å². The van der Waals surface area contributed by atoms with Crippen LogP contribution >= 0.6 is 35.3 Å². The Morgan fingerprint density at radius 1 is 1.20 bits per heavy atom. The lowest BCUT2D eigenvalue weighted by Crippen LogP contribution is -2.27. The van der Waals surface area contributed by atoms with Crippen LogP contribution in [0.5, 0.6) is 5.75 Å². The number of thiophene rings is 1. The van der Waals surface area contributed by atoms with Gasteiger partial charge in [0.25, 0.3) is 0 Å². The molecule has 0 aliphatic carbocycles. The normalized spacial score (nSPS) is 11.5. The Morgan fingerprint density at radius 3 is 2.72 bits per heavy atom. The van der Waals surface area contributed by atoms with Crippen LogP contribution in [0.1, 0.15) is 11.1 Å². The molecule has 0 radical (unpaired) electrons. The predicted octanol–water partition coefficient (Wildman–Crippen LogP) is 3.97. The zero-order valence-electron chi connectivity index (χ0n) is 13.7. The second-order valence-corrected chi connectivity index (χ2v) is 6.02. The summed E-state index contributed by atoms with van der Waals surface area (Å²) in [5, 5.41) is 7.41. The molecule has 1 aromatic heterocycles. The van der Waals surface area contributed by atoms with Crippen LogP contribution in [0.15, 0.2) is 64.0 Å². The summed E-state index contributed by atoms with van der Waals surface area (Å²) in [6, 6.07) is 15.9. The molecule has 5 nitrogen and oxygen atoms in total. The van der Waals surface area contributed by atoms with Crippen molar-refractivity contribution < 1.29 is 4.74 Å². The van der Waals surface area contributed by atoms with Crippen LogP contribution in [0, 0.1) is 0 Å². The van der Waals surface area contributed by atoms with E-state index in [0.29, 0.717) is 6.54 Å². The minimum absolute atomic E-state index is 0. The van der Waals surface area contributed by atoms with Crippen molar-refractivity contribution in [2.75, 3.05) is 7.11 Å².